The highest BCUT2D eigenvalue weighted by Gasteiger charge is 2.06. The number of hydrogen-bond acceptors (Lipinski definition) is 5. The van der Waals surface area contributed by atoms with Gasteiger partial charge < -0.3 is 15.5 Å². The molecule has 0 atom stereocenters. The zero-order valence-corrected chi connectivity index (χ0v) is 12.1. The summed E-state index contributed by atoms with van der Waals surface area (Å²) in [4.78, 5) is 10.8. The largest absolute Gasteiger partial charge is 0.370 e. The lowest BCUT2D eigenvalue weighted by molar-refractivity contribution is 0.284. The SMILES string of the molecule is CCNc1ncnc(NCCN(C)C(C)C)c1C. The van der Waals surface area contributed by atoms with Crippen molar-refractivity contribution >= 4 is 11.6 Å². The molecule has 0 saturated heterocycles. The molecule has 0 spiro atoms. The second-order valence-corrected chi connectivity index (χ2v) is 4.73. The molecule has 2 N–H and O–H groups in total. The van der Waals surface area contributed by atoms with Crippen LogP contribution in [0.4, 0.5) is 11.6 Å². The zero-order valence-electron chi connectivity index (χ0n) is 12.1. The summed E-state index contributed by atoms with van der Waals surface area (Å²) in [5.74, 6) is 1.82. The summed E-state index contributed by atoms with van der Waals surface area (Å²) in [6.45, 7) is 11.2. The molecule has 0 bridgehead atoms. The van der Waals surface area contributed by atoms with Gasteiger partial charge in [-0.05, 0) is 34.7 Å². The van der Waals surface area contributed by atoms with Crippen molar-refractivity contribution in [3.8, 4) is 0 Å². The average Bonchev–Trinajstić information content (AvgIpc) is 2.33. The van der Waals surface area contributed by atoms with Crippen LogP contribution in [0.1, 0.15) is 26.3 Å². The molecular weight excluding hydrogens is 226 g/mol. The number of hydrogen-bond donors (Lipinski definition) is 2. The molecule has 18 heavy (non-hydrogen) atoms. The quantitative estimate of drug-likeness (QED) is 0.776. The Morgan fingerprint density at radius 2 is 1.83 bits per heavy atom. The highest BCUT2D eigenvalue weighted by atomic mass is 15.1. The van der Waals surface area contributed by atoms with Crippen molar-refractivity contribution in [1.82, 2.24) is 14.9 Å². The first kappa shape index (κ1) is 14.7. The van der Waals surface area contributed by atoms with Crippen LogP contribution in [0.3, 0.4) is 0 Å². The number of aromatic nitrogens is 2. The Labute approximate surface area is 110 Å². The van der Waals surface area contributed by atoms with Gasteiger partial charge in [-0.1, -0.05) is 0 Å². The average molecular weight is 251 g/mol. The Hall–Kier alpha value is -1.36. The van der Waals surface area contributed by atoms with Gasteiger partial charge >= 0.3 is 0 Å². The lowest BCUT2D eigenvalue weighted by Crippen LogP contribution is -2.31. The Balaban J connectivity index is 2.54. The molecule has 0 aromatic carbocycles. The van der Waals surface area contributed by atoms with E-state index in [-0.39, 0.29) is 0 Å². The third-order valence-corrected chi connectivity index (χ3v) is 3.07. The van der Waals surface area contributed by atoms with E-state index in [0.29, 0.717) is 6.04 Å². The van der Waals surface area contributed by atoms with Gasteiger partial charge in [-0.3, -0.25) is 0 Å². The van der Waals surface area contributed by atoms with E-state index in [1.54, 1.807) is 6.33 Å². The predicted molar refractivity (Wildman–Crippen MR) is 77.2 cm³/mol. The van der Waals surface area contributed by atoms with Gasteiger partial charge in [0.05, 0.1) is 0 Å². The Kier molecular flexibility index (Phi) is 5.85. The van der Waals surface area contributed by atoms with E-state index in [0.717, 1.165) is 36.8 Å². The molecule has 5 heteroatoms. The van der Waals surface area contributed by atoms with Crippen molar-refractivity contribution in [2.75, 3.05) is 37.3 Å². The third-order valence-electron chi connectivity index (χ3n) is 3.07. The summed E-state index contributed by atoms with van der Waals surface area (Å²) >= 11 is 0. The van der Waals surface area contributed by atoms with Gasteiger partial charge in [0.15, 0.2) is 0 Å². The standard InChI is InChI=1S/C13H25N5/c1-6-14-12-11(4)13(17-9-16-12)15-7-8-18(5)10(2)3/h9-10H,6-8H2,1-5H3,(H2,14,15,16,17). The maximum absolute atomic E-state index is 4.28. The number of nitrogens with zero attached hydrogens (tertiary/aromatic N) is 3. The van der Waals surface area contributed by atoms with E-state index in [9.17, 15) is 0 Å². The molecule has 1 heterocycles. The highest BCUT2D eigenvalue weighted by Crippen LogP contribution is 2.17. The topological polar surface area (TPSA) is 53.1 Å². The first-order valence-electron chi connectivity index (χ1n) is 6.55. The fourth-order valence-corrected chi connectivity index (χ4v) is 1.58. The first-order valence-corrected chi connectivity index (χ1v) is 6.55. The summed E-state index contributed by atoms with van der Waals surface area (Å²) in [6.07, 6.45) is 1.60. The molecule has 1 aromatic rings. The second-order valence-electron chi connectivity index (χ2n) is 4.73. The maximum atomic E-state index is 4.28. The van der Waals surface area contributed by atoms with Gasteiger partial charge in [0.25, 0.3) is 0 Å². The van der Waals surface area contributed by atoms with Crippen molar-refractivity contribution in [3.63, 3.8) is 0 Å². The van der Waals surface area contributed by atoms with Gasteiger partial charge in [0, 0.05) is 31.2 Å². The van der Waals surface area contributed by atoms with Crippen LogP contribution in [-0.4, -0.2) is 47.6 Å². The molecule has 1 rings (SSSR count). The van der Waals surface area contributed by atoms with Crippen molar-refractivity contribution in [3.05, 3.63) is 11.9 Å². The number of anilines is 2. The van der Waals surface area contributed by atoms with Crippen LogP contribution in [0.5, 0.6) is 0 Å². The predicted octanol–water partition coefficient (Wildman–Crippen LogP) is 1.97. The molecule has 0 aliphatic heterocycles. The van der Waals surface area contributed by atoms with Crippen LogP contribution < -0.4 is 10.6 Å². The molecule has 0 saturated carbocycles. The van der Waals surface area contributed by atoms with Crippen molar-refractivity contribution in [1.29, 1.82) is 0 Å². The molecule has 102 valence electrons. The number of likely N-dealkylation sites (N-methyl/N-ethyl adjacent to an activating group) is 1. The Morgan fingerprint density at radius 1 is 1.22 bits per heavy atom. The highest BCUT2D eigenvalue weighted by molar-refractivity contribution is 5.56. The lowest BCUT2D eigenvalue weighted by Gasteiger charge is -2.21. The van der Waals surface area contributed by atoms with E-state index >= 15 is 0 Å². The van der Waals surface area contributed by atoms with E-state index in [1.165, 1.54) is 0 Å². The van der Waals surface area contributed by atoms with Crippen LogP contribution in [-0.2, 0) is 0 Å². The van der Waals surface area contributed by atoms with Gasteiger partial charge in [-0.2, -0.15) is 0 Å². The number of rotatable bonds is 7. The Bertz CT molecular complexity index is 364. The van der Waals surface area contributed by atoms with Gasteiger partial charge in [0.1, 0.15) is 18.0 Å². The summed E-state index contributed by atoms with van der Waals surface area (Å²) in [7, 11) is 2.13. The van der Waals surface area contributed by atoms with E-state index in [2.05, 4.69) is 53.3 Å². The first-order chi connectivity index (χ1) is 8.56. The van der Waals surface area contributed by atoms with E-state index < -0.39 is 0 Å². The van der Waals surface area contributed by atoms with Crippen LogP contribution in [0.25, 0.3) is 0 Å². The molecule has 0 aliphatic carbocycles. The zero-order chi connectivity index (χ0) is 13.5. The molecule has 5 nitrogen and oxygen atoms in total. The van der Waals surface area contributed by atoms with Crippen molar-refractivity contribution < 1.29 is 0 Å². The van der Waals surface area contributed by atoms with Gasteiger partial charge in [0.2, 0.25) is 0 Å². The van der Waals surface area contributed by atoms with Gasteiger partial charge in [-0.25, -0.2) is 9.97 Å². The van der Waals surface area contributed by atoms with E-state index in [4.69, 9.17) is 0 Å². The second kappa shape index (κ2) is 7.16. The molecule has 0 amide bonds. The molecule has 1 aromatic heterocycles. The summed E-state index contributed by atoms with van der Waals surface area (Å²) in [6, 6.07) is 0.565. The molecule has 0 unspecified atom stereocenters. The number of nitrogens with one attached hydrogen (secondary N) is 2. The smallest absolute Gasteiger partial charge is 0.134 e. The maximum Gasteiger partial charge on any atom is 0.134 e. The van der Waals surface area contributed by atoms with Crippen molar-refractivity contribution in [2.45, 2.75) is 33.7 Å². The molecule has 0 aliphatic rings. The lowest BCUT2D eigenvalue weighted by atomic mass is 10.3. The Morgan fingerprint density at radius 3 is 2.39 bits per heavy atom. The van der Waals surface area contributed by atoms with Crippen molar-refractivity contribution in [2.24, 2.45) is 0 Å². The van der Waals surface area contributed by atoms with Gasteiger partial charge in [-0.15, -0.1) is 0 Å². The van der Waals surface area contributed by atoms with Crippen LogP contribution >= 0.6 is 0 Å². The minimum absolute atomic E-state index is 0.565. The molecule has 0 fully saturated rings. The summed E-state index contributed by atoms with van der Waals surface area (Å²) in [5, 5.41) is 6.60. The minimum atomic E-state index is 0.565. The fraction of sp³-hybridized carbons (Fsp3) is 0.692. The van der Waals surface area contributed by atoms with Crippen LogP contribution in [0, 0.1) is 6.92 Å². The molecule has 0 radical (unpaired) electrons. The summed E-state index contributed by atoms with van der Waals surface area (Å²) < 4.78 is 0. The normalized spacial score (nSPS) is 11.1. The fourth-order valence-electron chi connectivity index (χ4n) is 1.58. The van der Waals surface area contributed by atoms with Crippen LogP contribution in [0.2, 0.25) is 0 Å². The van der Waals surface area contributed by atoms with Crippen LogP contribution in [0.15, 0.2) is 6.33 Å². The summed E-state index contributed by atoms with van der Waals surface area (Å²) in [5.41, 5.74) is 1.08. The minimum Gasteiger partial charge on any atom is -0.370 e. The van der Waals surface area contributed by atoms with E-state index in [1.807, 2.05) is 6.92 Å². The molecular formula is C13H25N5. The third kappa shape index (κ3) is 4.14. The monoisotopic (exact) mass is 251 g/mol.